The largest absolute Gasteiger partial charge is 0.653 e. The Labute approximate surface area is 519 Å². The Balaban J connectivity index is 8.37. The van der Waals surface area contributed by atoms with E-state index in [1.807, 2.05) is 13.1 Å². The first-order chi connectivity index (χ1) is 35.4. The lowest BCUT2D eigenvalue weighted by molar-refractivity contribution is -0.0104. The van der Waals surface area contributed by atoms with Gasteiger partial charge in [0.2, 0.25) is 178 Å². The van der Waals surface area contributed by atoms with Crippen LogP contribution in [-0.4, -0.2) is 314 Å². The van der Waals surface area contributed by atoms with Gasteiger partial charge in [-0.3, -0.25) is 0 Å². The van der Waals surface area contributed by atoms with Gasteiger partial charge in [-0.25, -0.2) is 0 Å². The summed E-state index contributed by atoms with van der Waals surface area (Å²) in [5.41, 5.74) is 2.74. The van der Waals surface area contributed by atoms with Crippen molar-refractivity contribution >= 4 is 314 Å². The molecule has 31 nitrogen and oxygen atoms in total. The Morgan fingerprint density at radius 1 is 0.395 bits per heavy atom. The maximum absolute atomic E-state index is 6.66. The predicted octanol–water partition coefficient (Wildman–Crippen LogP) is -8.30. The van der Waals surface area contributed by atoms with Crippen molar-refractivity contribution < 1.29 is 128 Å². The highest BCUT2D eigenvalue weighted by atomic mass is 28.6. The monoisotopic (exact) mass is 1580 g/mol. The van der Waals surface area contributed by atoms with Crippen molar-refractivity contribution in [3.63, 3.8) is 0 Å². The maximum atomic E-state index is 6.66. The van der Waals surface area contributed by atoms with Crippen molar-refractivity contribution in [3.8, 4) is 0 Å². The number of hydrogen-bond acceptors (Lipinski definition) is 31. The number of hydrogen-bond donors (Lipinski definition) is 0. The Bertz CT molecular complexity index is 1620. The first kappa shape index (κ1) is 80.8. The van der Waals surface area contributed by atoms with Gasteiger partial charge in [0, 0.05) is 0 Å². The quantitative estimate of drug-likeness (QED) is 0.0404. The van der Waals surface area contributed by atoms with E-state index in [0.29, 0.717) is 5.38 Å². The minimum absolute atomic E-state index is 0.457. The summed E-state index contributed by atoms with van der Waals surface area (Å²) in [6.45, 7) is 23.7. The van der Waals surface area contributed by atoms with E-state index >= 15 is 0 Å². The highest BCUT2D eigenvalue weighted by Crippen LogP contribution is 2.35. The van der Waals surface area contributed by atoms with Crippen LogP contribution in [0.4, 0.5) is 0 Å². The van der Waals surface area contributed by atoms with Gasteiger partial charge in [0.15, 0.2) is 8.32 Å². The fraction of sp³-hybridized carbons (Fsp3) is 0.538. The number of rotatable bonds is 48. The predicted molar refractivity (Wildman–Crippen MR) is 288 cm³/mol. The second-order valence-electron chi connectivity index (χ2n) is 13.4. The van der Waals surface area contributed by atoms with Crippen LogP contribution in [0.2, 0.25) is 45.8 Å². The normalized spacial score (nSPS) is 16.2. The second kappa shape index (κ2) is 37.6. The zero-order chi connectivity index (χ0) is 59.0. The van der Waals surface area contributed by atoms with Crippen molar-refractivity contribution in [3.05, 3.63) is 36.5 Å². The zero-order valence-corrected chi connectivity index (χ0v) is 71.4. The SMILES string of the molecule is C=C[Si](C)(C)O[Si]O[Si](O[Si])(O[Si])O[Si](O[Si])(O[Si](O[Si])(O[Si])O[Si])O[Si](O[Si](C)(C=C)O[Si]O[Si](O[Si])O[Si](O[Si])(O[Si](C)(C)OC(=C)[Si](C)C)O[Si](O[Si])(O[Si])O[Si])(O[Si](O[Si])(O[Si])O[Si])O[Si](O[Si])(O[Si])O[Si]. The molecular weight excluding hydrogens is 1550 g/mol. The summed E-state index contributed by atoms with van der Waals surface area (Å²) in [4.78, 5) is 0. The Morgan fingerprint density at radius 2 is 0.737 bits per heavy atom. The van der Waals surface area contributed by atoms with E-state index in [-0.39, 0.29) is 0 Å². The molecule has 63 heteroatoms. The molecule has 0 amide bonds. The van der Waals surface area contributed by atoms with Gasteiger partial charge in [-0.1, -0.05) is 31.1 Å². The Hall–Kier alpha value is 4.76. The Kier molecular flexibility index (Phi) is 39.9. The molecule has 3 unspecified atom stereocenters. The molecule has 0 aliphatic rings. The van der Waals surface area contributed by atoms with Crippen LogP contribution in [0.5, 0.6) is 0 Å². The molecule has 0 saturated heterocycles. The van der Waals surface area contributed by atoms with E-state index < -0.39 is 136 Å². The molecule has 57 radical (unpaired) electrons. The molecule has 3 atom stereocenters. The molecule has 0 N–H and O–H groups in total. The fourth-order valence-corrected chi connectivity index (χ4v) is 50.8. The van der Waals surface area contributed by atoms with Gasteiger partial charge in [-0.2, -0.15) is 0 Å². The lowest BCUT2D eigenvalue weighted by Gasteiger charge is -2.45. The van der Waals surface area contributed by atoms with Crippen LogP contribution < -0.4 is 0 Å². The molecule has 76 heavy (non-hydrogen) atoms. The van der Waals surface area contributed by atoms with E-state index in [1.54, 1.807) is 31.9 Å². The van der Waals surface area contributed by atoms with Gasteiger partial charge in [-0.05, 0) is 32.7 Å². The highest BCUT2D eigenvalue weighted by Gasteiger charge is 2.74. The third-order valence-corrected chi connectivity index (χ3v) is 53.7. The third-order valence-electron chi connectivity index (χ3n) is 7.12. The molecule has 0 bridgehead atoms. The van der Waals surface area contributed by atoms with Crippen molar-refractivity contribution in [1.82, 2.24) is 0 Å². The third kappa shape index (κ3) is 25.1. The summed E-state index contributed by atoms with van der Waals surface area (Å²) in [6, 6.07) is 0. The first-order valence-electron chi connectivity index (χ1n) is 18.2. The molecule has 0 aliphatic carbocycles. The summed E-state index contributed by atoms with van der Waals surface area (Å²) >= 11 is 0. The molecule has 0 aromatic carbocycles. The van der Waals surface area contributed by atoms with Gasteiger partial charge in [-0.15, -0.1) is 13.2 Å². The van der Waals surface area contributed by atoms with E-state index in [4.69, 9.17) is 128 Å². The average Bonchev–Trinajstić information content (AvgIpc) is 3.41. The average molecular weight is 1580 g/mol. The summed E-state index contributed by atoms with van der Waals surface area (Å²) in [6.07, 6.45) is 0. The van der Waals surface area contributed by atoms with Crippen LogP contribution >= 0.6 is 0 Å². The molecule has 0 aromatic rings. The summed E-state index contributed by atoms with van der Waals surface area (Å²) in [5, 5.41) is 0.457. The van der Waals surface area contributed by atoms with Crippen LogP contribution in [-0.2, 0) is 128 Å². The molecule has 0 saturated carbocycles. The van der Waals surface area contributed by atoms with Gasteiger partial charge in [0.25, 0.3) is 0 Å². The molecule has 395 valence electrons. The second-order valence-corrected chi connectivity index (χ2v) is 58.4. The van der Waals surface area contributed by atoms with E-state index in [1.165, 1.54) is 6.55 Å². The molecule has 0 fully saturated rings. The van der Waals surface area contributed by atoms with Crippen molar-refractivity contribution in [2.24, 2.45) is 0 Å². The van der Waals surface area contributed by atoms with E-state index in [2.05, 4.69) is 198 Å². The van der Waals surface area contributed by atoms with Crippen LogP contribution in [0.3, 0.4) is 0 Å². The lowest BCUT2D eigenvalue weighted by Crippen LogP contribution is -2.76. The van der Waals surface area contributed by atoms with Crippen LogP contribution in [0, 0.1) is 0 Å². The standard InChI is InChI=1S/C13H29O31Si32/c1-11-66(6,7)33-63-35-73(28-58,29-59)43-75(31-61,40-70(19-49,20-50)21-51)44-76(41-71(22-52,23-53)24-54,42-72(25-55,26-56)27-57)38-68(10,12-2)34-62-32-65(15-45)36-74(30-60,39-69(16-46,17-47)18-48)37-67(8,9)14-13(3)64(4)5/h11-12H,1-3H2,4-10H3. The van der Waals surface area contributed by atoms with Gasteiger partial charge in [0.1, 0.15) is 8.80 Å². The first-order valence-corrected chi connectivity index (χ1v) is 51.7. The highest BCUT2D eigenvalue weighted by molar-refractivity contribution is 6.91. The smallest absolute Gasteiger partial charge is 0.530 e. The Morgan fingerprint density at radius 3 is 1.07 bits per heavy atom. The fourth-order valence-electron chi connectivity index (χ4n) is 3.51. The molecule has 0 spiro atoms. The van der Waals surface area contributed by atoms with Crippen LogP contribution in [0.15, 0.2) is 36.5 Å². The lowest BCUT2D eigenvalue weighted by atomic mass is 11.2. The molecule has 0 rings (SSSR count). The topological polar surface area (TPSA) is 286 Å². The van der Waals surface area contributed by atoms with Gasteiger partial charge < -0.3 is 128 Å². The van der Waals surface area contributed by atoms with E-state index in [9.17, 15) is 0 Å². The summed E-state index contributed by atoms with van der Waals surface area (Å²) in [7, 11) is -8.63. The van der Waals surface area contributed by atoms with Crippen LogP contribution in [0.1, 0.15) is 0 Å². The minimum Gasteiger partial charge on any atom is -0.530 e. The van der Waals surface area contributed by atoms with Crippen molar-refractivity contribution in [2.45, 2.75) is 45.8 Å². The molecule has 0 heterocycles. The zero-order valence-electron chi connectivity index (χ0n) is 39.4. The summed E-state index contributed by atoms with van der Waals surface area (Å²) in [5.74, 6) is 0. The summed E-state index contributed by atoms with van der Waals surface area (Å²) < 4.78 is 178. The molecule has 0 aromatic heterocycles. The van der Waals surface area contributed by atoms with Crippen molar-refractivity contribution in [1.29, 1.82) is 0 Å². The molecule has 0 aliphatic heterocycles. The minimum atomic E-state index is -5.99. The van der Waals surface area contributed by atoms with Gasteiger partial charge >= 0.3 is 119 Å². The maximum Gasteiger partial charge on any atom is 0.653 e. The van der Waals surface area contributed by atoms with Crippen molar-refractivity contribution in [2.75, 3.05) is 0 Å². The van der Waals surface area contributed by atoms with E-state index in [0.717, 1.165) is 5.70 Å². The molecular formula is C13H29O31Si32. The van der Waals surface area contributed by atoms with Crippen LogP contribution in [0.25, 0.3) is 0 Å². The van der Waals surface area contributed by atoms with Gasteiger partial charge in [0.05, 0.1) is 5.38 Å².